The molecule has 0 amide bonds. The van der Waals surface area contributed by atoms with Crippen molar-refractivity contribution in [3.8, 4) is 5.75 Å². The van der Waals surface area contributed by atoms with Gasteiger partial charge in [-0.05, 0) is 31.2 Å². The first-order chi connectivity index (χ1) is 8.90. The van der Waals surface area contributed by atoms with Crippen molar-refractivity contribution >= 4 is 5.69 Å². The molecule has 1 rings (SSSR count). The summed E-state index contributed by atoms with van der Waals surface area (Å²) >= 11 is 0. The molecule has 1 aromatic carbocycles. The number of benzene rings is 1. The molecule has 1 atom stereocenters. The number of rotatable bonds is 7. The molecule has 0 fully saturated rings. The Morgan fingerprint density at radius 2 is 1.89 bits per heavy atom. The molecule has 1 unspecified atom stereocenters. The van der Waals surface area contributed by atoms with Gasteiger partial charge in [0.2, 0.25) is 0 Å². The van der Waals surface area contributed by atoms with E-state index in [2.05, 4.69) is 10.1 Å². The summed E-state index contributed by atoms with van der Waals surface area (Å²) in [6.07, 6.45) is -5.37. The number of nitrogens with one attached hydrogen (secondary N) is 1. The Bertz CT molecular complexity index is 367. The van der Waals surface area contributed by atoms with Crippen LogP contribution in [0.2, 0.25) is 0 Å². The summed E-state index contributed by atoms with van der Waals surface area (Å²) in [5.41, 5.74) is 0.588. The number of aliphatic hydroxyl groups is 1. The van der Waals surface area contributed by atoms with E-state index in [0.29, 0.717) is 12.3 Å². The molecule has 7 heteroatoms. The van der Waals surface area contributed by atoms with Crippen molar-refractivity contribution in [1.82, 2.24) is 0 Å². The van der Waals surface area contributed by atoms with Crippen LogP contribution in [0.3, 0.4) is 0 Å². The smallest absolute Gasteiger partial charge is 0.406 e. The Kier molecular flexibility index (Phi) is 5.91. The third-order valence-electron chi connectivity index (χ3n) is 2.14. The SMILES string of the molecule is CCOCC(O)CNc1ccc(OC(F)(F)F)cc1. The zero-order chi connectivity index (χ0) is 14.3. The third-order valence-corrected chi connectivity index (χ3v) is 2.14. The van der Waals surface area contributed by atoms with Gasteiger partial charge in [0.25, 0.3) is 0 Å². The van der Waals surface area contributed by atoms with Crippen molar-refractivity contribution in [3.05, 3.63) is 24.3 Å². The number of ether oxygens (including phenoxy) is 2. The van der Waals surface area contributed by atoms with Crippen molar-refractivity contribution in [2.45, 2.75) is 19.4 Å². The molecule has 0 aliphatic carbocycles. The summed E-state index contributed by atoms with van der Waals surface area (Å²) in [6, 6.07) is 5.28. The Hall–Kier alpha value is -1.47. The van der Waals surface area contributed by atoms with E-state index < -0.39 is 12.5 Å². The van der Waals surface area contributed by atoms with E-state index in [1.165, 1.54) is 24.3 Å². The van der Waals surface area contributed by atoms with Crippen LogP contribution < -0.4 is 10.1 Å². The first-order valence-corrected chi connectivity index (χ1v) is 5.76. The monoisotopic (exact) mass is 279 g/mol. The van der Waals surface area contributed by atoms with Crippen LogP contribution in [-0.2, 0) is 4.74 Å². The molecule has 0 spiro atoms. The van der Waals surface area contributed by atoms with Crippen LogP contribution in [0.5, 0.6) is 5.75 Å². The van der Waals surface area contributed by atoms with Gasteiger partial charge in [0.1, 0.15) is 5.75 Å². The van der Waals surface area contributed by atoms with Crippen LogP contribution in [0.15, 0.2) is 24.3 Å². The van der Waals surface area contributed by atoms with Gasteiger partial charge >= 0.3 is 6.36 Å². The molecule has 2 N–H and O–H groups in total. The fourth-order valence-corrected chi connectivity index (χ4v) is 1.32. The normalized spacial score (nSPS) is 13.1. The van der Waals surface area contributed by atoms with Crippen LogP contribution in [0.1, 0.15) is 6.92 Å². The summed E-state index contributed by atoms with van der Waals surface area (Å²) in [6.45, 7) is 2.79. The Morgan fingerprint density at radius 3 is 2.42 bits per heavy atom. The predicted octanol–water partition coefficient (Wildman–Crippen LogP) is 2.39. The number of alkyl halides is 3. The molecular weight excluding hydrogens is 263 g/mol. The highest BCUT2D eigenvalue weighted by Crippen LogP contribution is 2.23. The zero-order valence-electron chi connectivity index (χ0n) is 10.4. The number of anilines is 1. The summed E-state index contributed by atoms with van der Waals surface area (Å²) < 4.78 is 44.5. The first kappa shape index (κ1) is 15.6. The number of hydrogen-bond donors (Lipinski definition) is 2. The second kappa shape index (κ2) is 7.20. The lowest BCUT2D eigenvalue weighted by atomic mass is 10.3. The van der Waals surface area contributed by atoms with E-state index in [4.69, 9.17) is 4.74 Å². The molecule has 19 heavy (non-hydrogen) atoms. The first-order valence-electron chi connectivity index (χ1n) is 5.76. The van der Waals surface area contributed by atoms with Gasteiger partial charge in [-0.1, -0.05) is 0 Å². The van der Waals surface area contributed by atoms with Gasteiger partial charge < -0.3 is 19.9 Å². The Labute approximate surface area is 109 Å². The lowest BCUT2D eigenvalue weighted by Crippen LogP contribution is -2.24. The highest BCUT2D eigenvalue weighted by molar-refractivity contribution is 5.46. The van der Waals surface area contributed by atoms with Crippen molar-refractivity contribution in [3.63, 3.8) is 0 Å². The predicted molar refractivity (Wildman–Crippen MR) is 64.1 cm³/mol. The molecule has 0 aliphatic rings. The maximum Gasteiger partial charge on any atom is 0.573 e. The third kappa shape index (κ3) is 6.88. The molecule has 0 bridgehead atoms. The molecule has 0 heterocycles. The second-order valence-corrected chi connectivity index (χ2v) is 3.77. The molecular formula is C12H16F3NO3. The summed E-state index contributed by atoms with van der Waals surface area (Å²) in [5.74, 6) is -0.284. The number of halogens is 3. The van der Waals surface area contributed by atoms with E-state index in [1.54, 1.807) is 0 Å². The molecule has 4 nitrogen and oxygen atoms in total. The fraction of sp³-hybridized carbons (Fsp3) is 0.500. The van der Waals surface area contributed by atoms with Gasteiger partial charge in [-0.2, -0.15) is 0 Å². The van der Waals surface area contributed by atoms with Crippen LogP contribution in [0.25, 0.3) is 0 Å². The minimum absolute atomic E-state index is 0.207. The van der Waals surface area contributed by atoms with Gasteiger partial charge in [-0.15, -0.1) is 13.2 Å². The summed E-state index contributed by atoms with van der Waals surface area (Å²) in [5, 5.41) is 12.4. The largest absolute Gasteiger partial charge is 0.573 e. The lowest BCUT2D eigenvalue weighted by Gasteiger charge is -2.13. The van der Waals surface area contributed by atoms with E-state index >= 15 is 0 Å². The average Bonchev–Trinajstić information content (AvgIpc) is 2.33. The van der Waals surface area contributed by atoms with E-state index in [0.717, 1.165) is 0 Å². The van der Waals surface area contributed by atoms with E-state index in [9.17, 15) is 18.3 Å². The number of hydrogen-bond acceptors (Lipinski definition) is 4. The summed E-state index contributed by atoms with van der Waals surface area (Å²) in [7, 11) is 0. The van der Waals surface area contributed by atoms with Crippen LogP contribution in [0.4, 0.5) is 18.9 Å². The Balaban J connectivity index is 2.40. The summed E-state index contributed by atoms with van der Waals surface area (Å²) in [4.78, 5) is 0. The molecule has 0 aromatic heterocycles. The minimum atomic E-state index is -4.69. The molecule has 108 valence electrons. The zero-order valence-corrected chi connectivity index (χ0v) is 10.4. The van der Waals surface area contributed by atoms with Gasteiger partial charge in [0.05, 0.1) is 12.7 Å². The van der Waals surface area contributed by atoms with Gasteiger partial charge in [-0.3, -0.25) is 0 Å². The van der Waals surface area contributed by atoms with Gasteiger partial charge in [-0.25, -0.2) is 0 Å². The van der Waals surface area contributed by atoms with Crippen molar-refractivity contribution in [2.24, 2.45) is 0 Å². The molecule has 0 aliphatic heterocycles. The highest BCUT2D eigenvalue weighted by atomic mass is 19.4. The molecule has 0 radical (unpaired) electrons. The quantitative estimate of drug-likeness (QED) is 0.804. The maximum absolute atomic E-state index is 11.9. The van der Waals surface area contributed by atoms with Gasteiger partial charge in [0, 0.05) is 18.8 Å². The maximum atomic E-state index is 11.9. The van der Waals surface area contributed by atoms with Crippen molar-refractivity contribution in [1.29, 1.82) is 0 Å². The van der Waals surface area contributed by atoms with Crippen LogP contribution in [-0.4, -0.2) is 37.3 Å². The lowest BCUT2D eigenvalue weighted by molar-refractivity contribution is -0.274. The van der Waals surface area contributed by atoms with Crippen molar-refractivity contribution in [2.75, 3.05) is 25.1 Å². The minimum Gasteiger partial charge on any atom is -0.406 e. The molecule has 0 saturated carbocycles. The second-order valence-electron chi connectivity index (χ2n) is 3.77. The number of aliphatic hydroxyl groups excluding tert-OH is 1. The average molecular weight is 279 g/mol. The van der Waals surface area contributed by atoms with Crippen molar-refractivity contribution < 1.29 is 27.8 Å². The Morgan fingerprint density at radius 1 is 1.26 bits per heavy atom. The van der Waals surface area contributed by atoms with Crippen LogP contribution in [0, 0.1) is 0 Å². The van der Waals surface area contributed by atoms with Gasteiger partial charge in [0.15, 0.2) is 0 Å². The van der Waals surface area contributed by atoms with E-state index in [-0.39, 0.29) is 18.9 Å². The standard InChI is InChI=1S/C12H16F3NO3/c1-2-18-8-10(17)7-16-9-3-5-11(6-4-9)19-12(13,14)15/h3-6,10,16-17H,2,7-8H2,1H3. The van der Waals surface area contributed by atoms with E-state index in [1.807, 2.05) is 6.92 Å². The molecule has 0 saturated heterocycles. The topological polar surface area (TPSA) is 50.7 Å². The molecule has 1 aromatic rings. The fourth-order valence-electron chi connectivity index (χ4n) is 1.32. The van der Waals surface area contributed by atoms with Crippen LogP contribution >= 0.6 is 0 Å². The highest BCUT2D eigenvalue weighted by Gasteiger charge is 2.30.